The second-order valence-electron chi connectivity index (χ2n) is 6.37. The Hall–Kier alpha value is -2.40. The Morgan fingerprint density at radius 1 is 1.16 bits per heavy atom. The lowest BCUT2D eigenvalue weighted by Gasteiger charge is -2.30. The van der Waals surface area contributed by atoms with Gasteiger partial charge in [-0.15, -0.1) is 0 Å². The molecule has 5 nitrogen and oxygen atoms in total. The SMILES string of the molecule is CC1CCN(C(=O)c2ccnc(C(=O)Nc3ccc(Cl)cc3)c2)CC1. The van der Waals surface area contributed by atoms with Crippen LogP contribution in [0.4, 0.5) is 5.69 Å². The Kier molecular flexibility index (Phi) is 5.34. The number of hydrogen-bond donors (Lipinski definition) is 1. The summed E-state index contributed by atoms with van der Waals surface area (Å²) in [4.78, 5) is 30.9. The van der Waals surface area contributed by atoms with Gasteiger partial charge >= 0.3 is 0 Å². The summed E-state index contributed by atoms with van der Waals surface area (Å²) in [7, 11) is 0. The van der Waals surface area contributed by atoms with E-state index in [2.05, 4.69) is 17.2 Å². The van der Waals surface area contributed by atoms with Gasteiger partial charge in [0.15, 0.2) is 0 Å². The van der Waals surface area contributed by atoms with Crippen molar-refractivity contribution < 1.29 is 9.59 Å². The van der Waals surface area contributed by atoms with Crippen LogP contribution in [0.3, 0.4) is 0 Å². The van der Waals surface area contributed by atoms with Crippen molar-refractivity contribution in [3.63, 3.8) is 0 Å². The molecular formula is C19H20ClN3O2. The molecule has 1 saturated heterocycles. The molecule has 0 spiro atoms. The maximum absolute atomic E-state index is 12.6. The predicted molar refractivity (Wildman–Crippen MR) is 97.9 cm³/mol. The molecule has 2 amide bonds. The number of likely N-dealkylation sites (tertiary alicyclic amines) is 1. The minimum absolute atomic E-state index is 0.0464. The fourth-order valence-electron chi connectivity index (χ4n) is 2.81. The average Bonchev–Trinajstić information content (AvgIpc) is 2.64. The molecule has 3 rings (SSSR count). The van der Waals surface area contributed by atoms with Crippen LogP contribution < -0.4 is 5.32 Å². The standard InChI is InChI=1S/C19H20ClN3O2/c1-13-7-10-23(11-8-13)19(25)14-6-9-21-17(12-14)18(24)22-16-4-2-15(20)3-5-16/h2-6,9,12-13H,7-8,10-11H2,1H3,(H,22,24). The highest BCUT2D eigenvalue weighted by Crippen LogP contribution is 2.19. The average molecular weight is 358 g/mol. The van der Waals surface area contributed by atoms with Gasteiger partial charge in [0, 0.05) is 35.6 Å². The number of carbonyl (C=O) groups is 2. The van der Waals surface area contributed by atoms with Gasteiger partial charge in [0.05, 0.1) is 0 Å². The number of pyridine rings is 1. The number of carbonyl (C=O) groups excluding carboxylic acids is 2. The number of nitrogens with one attached hydrogen (secondary N) is 1. The van der Waals surface area contributed by atoms with Crippen molar-refractivity contribution in [2.24, 2.45) is 5.92 Å². The monoisotopic (exact) mass is 357 g/mol. The van der Waals surface area contributed by atoms with Crippen LogP contribution in [0.1, 0.15) is 40.6 Å². The van der Waals surface area contributed by atoms with Crippen molar-refractivity contribution in [1.29, 1.82) is 0 Å². The number of rotatable bonds is 3. The first kappa shape index (κ1) is 17.4. The van der Waals surface area contributed by atoms with E-state index in [1.807, 2.05) is 4.90 Å². The molecule has 0 aliphatic carbocycles. The second kappa shape index (κ2) is 7.66. The summed E-state index contributed by atoms with van der Waals surface area (Å²) in [6, 6.07) is 10.0. The highest BCUT2D eigenvalue weighted by Gasteiger charge is 2.22. The van der Waals surface area contributed by atoms with Crippen LogP contribution in [-0.4, -0.2) is 34.8 Å². The van der Waals surface area contributed by atoms with E-state index in [1.54, 1.807) is 36.4 Å². The van der Waals surface area contributed by atoms with E-state index in [9.17, 15) is 9.59 Å². The fraction of sp³-hybridized carbons (Fsp3) is 0.316. The van der Waals surface area contributed by atoms with Crippen molar-refractivity contribution in [3.8, 4) is 0 Å². The van der Waals surface area contributed by atoms with E-state index in [0.717, 1.165) is 25.9 Å². The zero-order valence-corrected chi connectivity index (χ0v) is 14.8. The van der Waals surface area contributed by atoms with Gasteiger partial charge in [-0.2, -0.15) is 0 Å². The van der Waals surface area contributed by atoms with Gasteiger partial charge in [-0.3, -0.25) is 14.6 Å². The van der Waals surface area contributed by atoms with E-state index < -0.39 is 0 Å². The third-order valence-corrected chi connectivity index (χ3v) is 4.66. The van der Waals surface area contributed by atoms with Gasteiger partial charge in [0.1, 0.15) is 5.69 Å². The molecule has 0 bridgehead atoms. The summed E-state index contributed by atoms with van der Waals surface area (Å²) in [5, 5.41) is 3.35. The minimum Gasteiger partial charge on any atom is -0.339 e. The molecule has 0 radical (unpaired) electrons. The molecule has 25 heavy (non-hydrogen) atoms. The van der Waals surface area contributed by atoms with Crippen LogP contribution in [0.5, 0.6) is 0 Å². The summed E-state index contributed by atoms with van der Waals surface area (Å²) < 4.78 is 0. The normalized spacial score (nSPS) is 15.0. The van der Waals surface area contributed by atoms with Gasteiger partial charge < -0.3 is 10.2 Å². The predicted octanol–water partition coefficient (Wildman–Crippen LogP) is 3.86. The van der Waals surface area contributed by atoms with Gasteiger partial charge in [0.25, 0.3) is 11.8 Å². The van der Waals surface area contributed by atoms with Crippen molar-refractivity contribution in [2.45, 2.75) is 19.8 Å². The third kappa shape index (κ3) is 4.37. The Balaban J connectivity index is 1.71. The van der Waals surface area contributed by atoms with E-state index in [4.69, 9.17) is 11.6 Å². The van der Waals surface area contributed by atoms with Crippen molar-refractivity contribution in [1.82, 2.24) is 9.88 Å². The van der Waals surface area contributed by atoms with Gasteiger partial charge in [-0.1, -0.05) is 18.5 Å². The first-order valence-electron chi connectivity index (χ1n) is 8.35. The fourth-order valence-corrected chi connectivity index (χ4v) is 2.94. The molecule has 1 fully saturated rings. The summed E-state index contributed by atoms with van der Waals surface area (Å²) in [5.41, 5.74) is 1.33. The second-order valence-corrected chi connectivity index (χ2v) is 6.80. The molecule has 1 N–H and O–H groups in total. The first-order valence-corrected chi connectivity index (χ1v) is 8.73. The zero-order chi connectivity index (χ0) is 17.8. The highest BCUT2D eigenvalue weighted by molar-refractivity contribution is 6.30. The molecule has 130 valence electrons. The van der Waals surface area contributed by atoms with Crippen LogP contribution in [0, 0.1) is 5.92 Å². The van der Waals surface area contributed by atoms with Crippen molar-refractivity contribution >= 4 is 29.1 Å². The van der Waals surface area contributed by atoms with Crippen LogP contribution in [-0.2, 0) is 0 Å². The highest BCUT2D eigenvalue weighted by atomic mass is 35.5. The summed E-state index contributed by atoms with van der Waals surface area (Å²) in [6.45, 7) is 3.72. The summed E-state index contributed by atoms with van der Waals surface area (Å²) in [5.74, 6) is 0.251. The summed E-state index contributed by atoms with van der Waals surface area (Å²) >= 11 is 5.84. The number of anilines is 1. The molecule has 1 aliphatic rings. The largest absolute Gasteiger partial charge is 0.339 e. The van der Waals surface area contributed by atoms with E-state index in [-0.39, 0.29) is 17.5 Å². The lowest BCUT2D eigenvalue weighted by molar-refractivity contribution is 0.0697. The molecule has 1 aliphatic heterocycles. The lowest BCUT2D eigenvalue weighted by Crippen LogP contribution is -2.38. The Bertz CT molecular complexity index is 768. The molecule has 0 saturated carbocycles. The Morgan fingerprint density at radius 2 is 1.84 bits per heavy atom. The number of halogens is 1. The molecule has 1 aromatic heterocycles. The Labute approximate surface area is 152 Å². The van der Waals surface area contributed by atoms with Crippen molar-refractivity contribution in [3.05, 3.63) is 58.9 Å². The van der Waals surface area contributed by atoms with Crippen LogP contribution >= 0.6 is 11.6 Å². The smallest absolute Gasteiger partial charge is 0.274 e. The van der Waals surface area contributed by atoms with Gasteiger partial charge in [-0.25, -0.2) is 0 Å². The molecule has 0 atom stereocenters. The molecular weight excluding hydrogens is 338 g/mol. The Morgan fingerprint density at radius 3 is 2.52 bits per heavy atom. The quantitative estimate of drug-likeness (QED) is 0.907. The van der Waals surface area contributed by atoms with Gasteiger partial charge in [0.2, 0.25) is 0 Å². The molecule has 2 aromatic rings. The third-order valence-electron chi connectivity index (χ3n) is 4.41. The maximum atomic E-state index is 12.6. The number of benzene rings is 1. The maximum Gasteiger partial charge on any atom is 0.274 e. The van der Waals surface area contributed by atoms with E-state index in [0.29, 0.717) is 22.2 Å². The molecule has 1 aromatic carbocycles. The van der Waals surface area contributed by atoms with E-state index in [1.165, 1.54) is 6.20 Å². The molecule has 6 heteroatoms. The minimum atomic E-state index is -0.357. The molecule has 0 unspecified atom stereocenters. The van der Waals surface area contributed by atoms with Gasteiger partial charge in [-0.05, 0) is 55.2 Å². The van der Waals surface area contributed by atoms with Crippen LogP contribution in [0.2, 0.25) is 5.02 Å². The van der Waals surface area contributed by atoms with Crippen LogP contribution in [0.25, 0.3) is 0 Å². The molecule has 2 heterocycles. The first-order chi connectivity index (χ1) is 12.0. The zero-order valence-electron chi connectivity index (χ0n) is 14.0. The van der Waals surface area contributed by atoms with E-state index >= 15 is 0 Å². The number of hydrogen-bond acceptors (Lipinski definition) is 3. The summed E-state index contributed by atoms with van der Waals surface area (Å²) in [6.07, 6.45) is 3.53. The lowest BCUT2D eigenvalue weighted by atomic mass is 9.98. The van der Waals surface area contributed by atoms with Crippen LogP contribution in [0.15, 0.2) is 42.6 Å². The topological polar surface area (TPSA) is 62.3 Å². The number of aromatic nitrogens is 1. The number of piperidine rings is 1. The number of amides is 2. The van der Waals surface area contributed by atoms with Crippen molar-refractivity contribution in [2.75, 3.05) is 18.4 Å². The number of nitrogens with zero attached hydrogens (tertiary/aromatic N) is 2.